The van der Waals surface area contributed by atoms with Crippen molar-refractivity contribution in [1.29, 1.82) is 0 Å². The summed E-state index contributed by atoms with van der Waals surface area (Å²) in [6.07, 6.45) is 1.69. The zero-order chi connectivity index (χ0) is 13.3. The summed E-state index contributed by atoms with van der Waals surface area (Å²) >= 11 is 3.52. The van der Waals surface area contributed by atoms with Crippen molar-refractivity contribution in [3.63, 3.8) is 0 Å². The van der Waals surface area contributed by atoms with E-state index in [4.69, 9.17) is 0 Å². The molecule has 0 spiro atoms. The molecular weight excluding hydrogens is 294 g/mol. The second-order valence-electron chi connectivity index (χ2n) is 5.19. The van der Waals surface area contributed by atoms with Gasteiger partial charge in [-0.15, -0.1) is 0 Å². The lowest BCUT2D eigenvalue weighted by Crippen LogP contribution is -2.47. The minimum Gasteiger partial charge on any atom is -0.480 e. The van der Waals surface area contributed by atoms with Gasteiger partial charge in [0.2, 0.25) is 0 Å². The van der Waals surface area contributed by atoms with Gasteiger partial charge in [-0.2, -0.15) is 0 Å². The molecule has 3 nitrogen and oxygen atoms in total. The van der Waals surface area contributed by atoms with Crippen LogP contribution in [-0.2, 0) is 11.3 Å². The lowest BCUT2D eigenvalue weighted by atomic mass is 9.99. The first-order valence-electron chi connectivity index (χ1n) is 6.17. The molecule has 1 fully saturated rings. The summed E-state index contributed by atoms with van der Waals surface area (Å²) in [5.74, 6) is -0.717. The predicted molar refractivity (Wildman–Crippen MR) is 74.6 cm³/mol. The third-order valence-electron chi connectivity index (χ3n) is 3.86. The van der Waals surface area contributed by atoms with Crippen molar-refractivity contribution in [2.24, 2.45) is 0 Å². The highest BCUT2D eigenvalue weighted by molar-refractivity contribution is 9.10. The number of benzene rings is 1. The summed E-state index contributed by atoms with van der Waals surface area (Å²) in [6.45, 7) is 5.42. The van der Waals surface area contributed by atoms with E-state index in [1.54, 1.807) is 0 Å². The van der Waals surface area contributed by atoms with Crippen molar-refractivity contribution >= 4 is 21.9 Å². The standard InChI is InChI=1S/C14H18BrNO2/c1-10-4-5-11(8-12(10)15)9-16-7-3-6-14(16,2)13(17)18/h4-5,8H,3,6-7,9H2,1-2H3,(H,17,18). The quantitative estimate of drug-likeness (QED) is 0.932. The Labute approximate surface area is 116 Å². The van der Waals surface area contributed by atoms with Gasteiger partial charge in [-0.05, 0) is 50.4 Å². The van der Waals surface area contributed by atoms with Gasteiger partial charge in [0.25, 0.3) is 0 Å². The van der Waals surface area contributed by atoms with E-state index in [0.29, 0.717) is 6.54 Å². The fourth-order valence-corrected chi connectivity index (χ4v) is 2.90. The van der Waals surface area contributed by atoms with Crippen LogP contribution in [0.1, 0.15) is 30.9 Å². The van der Waals surface area contributed by atoms with Crippen molar-refractivity contribution in [2.45, 2.75) is 38.8 Å². The minimum absolute atomic E-state index is 0.696. The molecule has 1 saturated heterocycles. The Hall–Kier alpha value is -0.870. The first kappa shape index (κ1) is 13.6. The third-order valence-corrected chi connectivity index (χ3v) is 4.71. The van der Waals surface area contributed by atoms with Gasteiger partial charge in [0.1, 0.15) is 5.54 Å². The number of halogens is 1. The van der Waals surface area contributed by atoms with Gasteiger partial charge in [-0.3, -0.25) is 9.69 Å². The monoisotopic (exact) mass is 311 g/mol. The number of nitrogens with zero attached hydrogens (tertiary/aromatic N) is 1. The van der Waals surface area contributed by atoms with Gasteiger partial charge in [0.05, 0.1) is 0 Å². The van der Waals surface area contributed by atoms with E-state index >= 15 is 0 Å². The Bertz CT molecular complexity index is 475. The van der Waals surface area contributed by atoms with Crippen LogP contribution in [-0.4, -0.2) is 28.1 Å². The first-order chi connectivity index (χ1) is 8.43. The van der Waals surface area contributed by atoms with Gasteiger partial charge < -0.3 is 5.11 Å². The third kappa shape index (κ3) is 2.45. The zero-order valence-electron chi connectivity index (χ0n) is 10.7. The van der Waals surface area contributed by atoms with Crippen LogP contribution in [0, 0.1) is 6.92 Å². The van der Waals surface area contributed by atoms with Crippen LogP contribution >= 0.6 is 15.9 Å². The summed E-state index contributed by atoms with van der Waals surface area (Å²) < 4.78 is 1.08. The normalized spacial score (nSPS) is 24.4. The Morgan fingerprint density at radius 2 is 2.28 bits per heavy atom. The molecule has 1 aliphatic heterocycles. The van der Waals surface area contributed by atoms with Crippen molar-refractivity contribution in [3.8, 4) is 0 Å². The molecule has 0 saturated carbocycles. The van der Waals surface area contributed by atoms with Crippen LogP contribution in [0.3, 0.4) is 0 Å². The van der Waals surface area contributed by atoms with Crippen molar-refractivity contribution < 1.29 is 9.90 Å². The summed E-state index contributed by atoms with van der Waals surface area (Å²) in [6, 6.07) is 6.21. The number of carbonyl (C=O) groups is 1. The van der Waals surface area contributed by atoms with Gasteiger partial charge in [-0.25, -0.2) is 0 Å². The average Bonchev–Trinajstić information content (AvgIpc) is 2.67. The molecule has 0 aromatic heterocycles. The number of aliphatic carboxylic acids is 1. The molecule has 0 amide bonds. The van der Waals surface area contributed by atoms with Gasteiger partial charge in [-0.1, -0.05) is 28.1 Å². The van der Waals surface area contributed by atoms with E-state index < -0.39 is 11.5 Å². The molecule has 0 radical (unpaired) electrons. The van der Waals surface area contributed by atoms with Crippen LogP contribution in [0.25, 0.3) is 0 Å². The molecular formula is C14H18BrNO2. The molecule has 98 valence electrons. The van der Waals surface area contributed by atoms with Crippen LogP contribution in [0.4, 0.5) is 0 Å². The molecule has 0 aliphatic carbocycles. The lowest BCUT2D eigenvalue weighted by molar-refractivity contribution is -0.148. The maximum Gasteiger partial charge on any atom is 0.323 e. The molecule has 18 heavy (non-hydrogen) atoms. The van der Waals surface area contributed by atoms with Crippen LogP contribution in [0.2, 0.25) is 0 Å². The van der Waals surface area contributed by atoms with E-state index in [9.17, 15) is 9.90 Å². The fourth-order valence-electron chi connectivity index (χ4n) is 2.47. The maximum absolute atomic E-state index is 11.4. The molecule has 1 aromatic carbocycles. The molecule has 0 bridgehead atoms. The molecule has 1 aliphatic rings. The Kier molecular flexibility index (Phi) is 3.78. The van der Waals surface area contributed by atoms with E-state index in [0.717, 1.165) is 29.4 Å². The Morgan fingerprint density at radius 1 is 1.56 bits per heavy atom. The molecule has 1 N–H and O–H groups in total. The summed E-state index contributed by atoms with van der Waals surface area (Å²) in [7, 11) is 0. The van der Waals surface area contributed by atoms with Crippen LogP contribution < -0.4 is 0 Å². The number of carboxylic acid groups (broad SMARTS) is 1. The number of aryl methyl sites for hydroxylation is 1. The highest BCUT2D eigenvalue weighted by atomic mass is 79.9. The zero-order valence-corrected chi connectivity index (χ0v) is 12.3. The summed E-state index contributed by atoms with van der Waals surface area (Å²) in [5.41, 5.74) is 1.64. The van der Waals surface area contributed by atoms with E-state index in [2.05, 4.69) is 39.0 Å². The Balaban J connectivity index is 2.18. The fraction of sp³-hybridized carbons (Fsp3) is 0.500. The maximum atomic E-state index is 11.4. The van der Waals surface area contributed by atoms with E-state index in [1.807, 2.05) is 13.8 Å². The second-order valence-corrected chi connectivity index (χ2v) is 6.04. The van der Waals surface area contributed by atoms with E-state index in [1.165, 1.54) is 5.56 Å². The number of hydrogen-bond acceptors (Lipinski definition) is 2. The molecule has 1 unspecified atom stereocenters. The summed E-state index contributed by atoms with van der Waals surface area (Å²) in [4.78, 5) is 13.5. The Morgan fingerprint density at radius 3 is 2.89 bits per heavy atom. The SMILES string of the molecule is Cc1ccc(CN2CCCC2(C)C(=O)O)cc1Br. The highest BCUT2D eigenvalue weighted by Crippen LogP contribution is 2.31. The lowest BCUT2D eigenvalue weighted by Gasteiger charge is -2.31. The topological polar surface area (TPSA) is 40.5 Å². The number of likely N-dealkylation sites (tertiary alicyclic amines) is 1. The van der Waals surface area contributed by atoms with Gasteiger partial charge in [0, 0.05) is 11.0 Å². The second kappa shape index (κ2) is 5.02. The van der Waals surface area contributed by atoms with Crippen molar-refractivity contribution in [3.05, 3.63) is 33.8 Å². The van der Waals surface area contributed by atoms with Crippen molar-refractivity contribution in [2.75, 3.05) is 6.54 Å². The molecule has 1 atom stereocenters. The molecule has 4 heteroatoms. The molecule has 1 heterocycles. The largest absolute Gasteiger partial charge is 0.480 e. The number of carboxylic acids is 1. The van der Waals surface area contributed by atoms with Gasteiger partial charge in [0.15, 0.2) is 0 Å². The van der Waals surface area contributed by atoms with E-state index in [-0.39, 0.29) is 0 Å². The predicted octanol–water partition coefficient (Wildman–Crippen LogP) is 3.20. The smallest absolute Gasteiger partial charge is 0.323 e. The van der Waals surface area contributed by atoms with Gasteiger partial charge >= 0.3 is 5.97 Å². The minimum atomic E-state index is -0.717. The first-order valence-corrected chi connectivity index (χ1v) is 6.96. The number of hydrogen-bond donors (Lipinski definition) is 1. The summed E-state index contributed by atoms with van der Waals surface area (Å²) in [5, 5.41) is 9.37. The van der Waals surface area contributed by atoms with Crippen molar-refractivity contribution in [1.82, 2.24) is 4.90 Å². The average molecular weight is 312 g/mol. The highest BCUT2D eigenvalue weighted by Gasteiger charge is 2.43. The number of rotatable bonds is 3. The van der Waals surface area contributed by atoms with Crippen LogP contribution in [0.5, 0.6) is 0 Å². The molecule has 1 aromatic rings. The molecule has 2 rings (SSSR count). The van der Waals surface area contributed by atoms with Crippen LogP contribution in [0.15, 0.2) is 22.7 Å².